The normalized spacial score (nSPS) is 13.3. The molecule has 0 aliphatic heterocycles. The molecule has 4 aromatic carbocycles. The van der Waals surface area contributed by atoms with Crippen LogP contribution in [0, 0.1) is 18.8 Å². The van der Waals surface area contributed by atoms with Gasteiger partial charge < -0.3 is 36.5 Å². The molecule has 302 valence electrons. The van der Waals surface area contributed by atoms with Gasteiger partial charge in [0.25, 0.3) is 11.8 Å². The fraction of sp³-hybridized carbons (Fsp3) is 0.167. The zero-order chi connectivity index (χ0) is 42.0. The molecule has 6 aromatic rings. The molecule has 60 heavy (non-hydrogen) atoms. The van der Waals surface area contributed by atoms with E-state index in [1.54, 1.807) is 25.3 Å². The minimum Gasteiger partial charge on any atom is -0.506 e. The molecule has 1 aliphatic rings. The molecule has 2 amide bonds. The second-order valence-corrected chi connectivity index (χ2v) is 15.3. The number of methoxy groups -OCH3 is 1. The first-order chi connectivity index (χ1) is 29.1. The molecule has 1 atom stereocenters. The van der Waals surface area contributed by atoms with Crippen molar-refractivity contribution in [1.82, 2.24) is 15.3 Å². The summed E-state index contributed by atoms with van der Waals surface area (Å²) in [6.45, 7) is 3.55. The number of H-pyrrole nitrogens is 1. The number of amides is 2. The van der Waals surface area contributed by atoms with Gasteiger partial charge in [-0.3, -0.25) is 19.4 Å². The lowest BCUT2D eigenvalue weighted by molar-refractivity contribution is 0.0998. The number of hydrogen-bond acceptors (Lipinski definition) is 9. The smallest absolute Gasteiger partial charge is 0.255 e. The fourth-order valence-corrected chi connectivity index (χ4v) is 7.86. The Morgan fingerprint density at radius 2 is 1.83 bits per heavy atom. The monoisotopic (exact) mass is 816 g/mol. The SMILES string of the molecule is COC1=CC=CC(Nc2c(C(N)=O)cnc3c(C)cc(Sc4cccc(C(=O)Nc5ccc(C#CCCCNCCc6ccc(O)c7[nH]c(=O)ccc67)cc5)c4)cc23)C=C1. The summed E-state index contributed by atoms with van der Waals surface area (Å²) >= 11 is 1.51. The molecule has 2 aromatic heterocycles. The van der Waals surface area contributed by atoms with E-state index in [0.717, 1.165) is 75.1 Å². The maximum absolute atomic E-state index is 13.4. The third-order valence-corrected chi connectivity index (χ3v) is 10.9. The number of nitrogens with zero attached hydrogens (tertiary/aromatic N) is 1. The van der Waals surface area contributed by atoms with E-state index in [4.69, 9.17) is 10.5 Å². The lowest BCUT2D eigenvalue weighted by Gasteiger charge is -2.18. The molecular formula is C48H44N6O5S. The van der Waals surface area contributed by atoms with Crippen LogP contribution in [-0.4, -0.2) is 53.1 Å². The molecule has 1 aliphatic carbocycles. The summed E-state index contributed by atoms with van der Waals surface area (Å²) in [5, 5.41) is 21.6. The van der Waals surface area contributed by atoms with Crippen LogP contribution in [0.5, 0.6) is 5.75 Å². The lowest BCUT2D eigenvalue weighted by Crippen LogP contribution is -2.20. The number of primary amides is 1. The zero-order valence-electron chi connectivity index (χ0n) is 33.2. The average Bonchev–Trinajstić information content (AvgIpc) is 3.48. The van der Waals surface area contributed by atoms with Gasteiger partial charge in [0.05, 0.1) is 35.4 Å². The highest BCUT2D eigenvalue weighted by molar-refractivity contribution is 7.99. The van der Waals surface area contributed by atoms with E-state index in [1.807, 2.05) is 98.0 Å². The molecule has 0 saturated heterocycles. The summed E-state index contributed by atoms with van der Waals surface area (Å²) in [5.74, 6) is 6.38. The van der Waals surface area contributed by atoms with Crippen molar-refractivity contribution in [2.75, 3.05) is 30.8 Å². The Labute approximate surface area is 351 Å². The number of carbonyl (C=O) groups is 2. The van der Waals surface area contributed by atoms with Crippen molar-refractivity contribution in [2.45, 2.75) is 42.0 Å². The molecule has 0 radical (unpaired) electrons. The van der Waals surface area contributed by atoms with Crippen molar-refractivity contribution < 1.29 is 19.4 Å². The second kappa shape index (κ2) is 19.1. The fourth-order valence-electron chi connectivity index (χ4n) is 6.84. The predicted octanol–water partition coefficient (Wildman–Crippen LogP) is 7.99. The Balaban J connectivity index is 0.930. The van der Waals surface area contributed by atoms with Crippen LogP contribution in [0.3, 0.4) is 0 Å². The van der Waals surface area contributed by atoms with Gasteiger partial charge in [0, 0.05) is 56.1 Å². The van der Waals surface area contributed by atoms with Gasteiger partial charge >= 0.3 is 0 Å². The number of aromatic nitrogens is 2. The highest BCUT2D eigenvalue weighted by Gasteiger charge is 2.18. The van der Waals surface area contributed by atoms with Crippen LogP contribution < -0.4 is 27.2 Å². The number of nitrogens with one attached hydrogen (secondary N) is 4. The number of aromatic amines is 1. The van der Waals surface area contributed by atoms with E-state index in [-0.39, 0.29) is 28.8 Å². The number of benzene rings is 4. The number of carbonyl (C=O) groups excluding carboxylic acids is 2. The number of anilines is 2. The van der Waals surface area contributed by atoms with Crippen LogP contribution in [0.4, 0.5) is 11.4 Å². The molecule has 1 unspecified atom stereocenters. The third kappa shape index (κ3) is 10.1. The van der Waals surface area contributed by atoms with Crippen LogP contribution in [0.25, 0.3) is 21.8 Å². The van der Waals surface area contributed by atoms with Gasteiger partial charge in [-0.15, -0.1) is 0 Å². The predicted molar refractivity (Wildman–Crippen MR) is 240 cm³/mol. The molecule has 0 bridgehead atoms. The van der Waals surface area contributed by atoms with E-state index in [1.165, 1.54) is 24.0 Å². The number of aryl methyl sites for hydroxylation is 1. The number of aromatic hydroxyl groups is 1. The third-order valence-electron chi connectivity index (χ3n) is 9.89. The standard InChI is InChI=1S/C48H44N6O5S/c1-30-26-38(28-40-44(30)51-29-41(47(49)57)45(40)52-34-10-7-11-36(59-2)19-18-34)60-37-12-6-9-33(27-37)48(58)53-35-16-13-31(14-17-35)8-4-3-5-24-50-25-23-32-15-21-42(55)46-39(32)20-22-43(56)54-46/h6-7,9-22,26-29,34,50,55H,3,5,23-25H2,1-2H3,(H2,49,57)(H,51,52)(H,53,58)(H,54,56). The van der Waals surface area contributed by atoms with Crippen LogP contribution >= 0.6 is 11.8 Å². The molecule has 0 fully saturated rings. The first-order valence-electron chi connectivity index (χ1n) is 19.5. The summed E-state index contributed by atoms with van der Waals surface area (Å²) in [6.07, 6.45) is 13.4. The Morgan fingerprint density at radius 1 is 0.983 bits per heavy atom. The lowest BCUT2D eigenvalue weighted by atomic mass is 10.0. The molecule has 0 spiro atoms. The van der Waals surface area contributed by atoms with Gasteiger partial charge in [-0.2, -0.15) is 0 Å². The van der Waals surface area contributed by atoms with Gasteiger partial charge in [-0.05, 0) is 123 Å². The maximum Gasteiger partial charge on any atom is 0.255 e. The van der Waals surface area contributed by atoms with E-state index < -0.39 is 5.91 Å². The number of rotatable bonds is 14. The summed E-state index contributed by atoms with van der Waals surface area (Å²) < 4.78 is 5.36. The van der Waals surface area contributed by atoms with Gasteiger partial charge in [0.2, 0.25) is 5.56 Å². The van der Waals surface area contributed by atoms with Crippen molar-refractivity contribution in [3.8, 4) is 17.6 Å². The Bertz CT molecular complexity index is 2800. The summed E-state index contributed by atoms with van der Waals surface area (Å²) in [5.41, 5.74) is 11.7. The van der Waals surface area contributed by atoms with Gasteiger partial charge in [0.1, 0.15) is 11.5 Å². The van der Waals surface area contributed by atoms with Crippen LogP contribution in [0.1, 0.15) is 50.2 Å². The number of nitrogens with two attached hydrogens (primary N) is 1. The number of allylic oxidation sites excluding steroid dienone is 3. The number of pyridine rings is 2. The number of hydrogen-bond donors (Lipinski definition) is 6. The van der Waals surface area contributed by atoms with E-state index in [9.17, 15) is 19.5 Å². The molecule has 12 heteroatoms. The highest BCUT2D eigenvalue weighted by atomic mass is 32.2. The van der Waals surface area contributed by atoms with E-state index in [2.05, 4.69) is 37.8 Å². The van der Waals surface area contributed by atoms with Crippen molar-refractivity contribution in [3.63, 3.8) is 0 Å². The zero-order valence-corrected chi connectivity index (χ0v) is 34.0. The molecular weight excluding hydrogens is 773 g/mol. The molecule has 7 rings (SSSR count). The van der Waals surface area contributed by atoms with E-state index in [0.29, 0.717) is 28.2 Å². The Kier molecular flexibility index (Phi) is 13.1. The van der Waals surface area contributed by atoms with E-state index >= 15 is 0 Å². The van der Waals surface area contributed by atoms with Crippen LogP contribution in [0.15, 0.2) is 142 Å². The van der Waals surface area contributed by atoms with Crippen molar-refractivity contribution in [3.05, 3.63) is 165 Å². The largest absolute Gasteiger partial charge is 0.506 e. The van der Waals surface area contributed by atoms with Gasteiger partial charge in [-0.1, -0.05) is 54.0 Å². The number of ether oxygens (including phenoxy) is 1. The first-order valence-corrected chi connectivity index (χ1v) is 20.3. The van der Waals surface area contributed by atoms with Gasteiger partial charge in [-0.25, -0.2) is 0 Å². The summed E-state index contributed by atoms with van der Waals surface area (Å²) in [6, 6.07) is 25.4. The minimum atomic E-state index is -0.586. The average molecular weight is 817 g/mol. The Morgan fingerprint density at radius 3 is 2.65 bits per heavy atom. The maximum atomic E-state index is 13.4. The summed E-state index contributed by atoms with van der Waals surface area (Å²) in [7, 11) is 1.61. The van der Waals surface area contributed by atoms with Crippen molar-refractivity contribution >= 4 is 56.8 Å². The number of phenolic OH excluding ortho intramolecular Hbond substituents is 1. The quantitative estimate of drug-likeness (QED) is 0.0471. The Hall–Kier alpha value is -7.07. The van der Waals surface area contributed by atoms with Crippen LogP contribution in [-0.2, 0) is 11.2 Å². The highest BCUT2D eigenvalue weighted by Crippen LogP contribution is 2.36. The number of phenols is 1. The van der Waals surface area contributed by atoms with Crippen molar-refractivity contribution in [2.24, 2.45) is 5.73 Å². The number of unbranched alkanes of at least 4 members (excludes halogenated alkanes) is 1. The molecule has 11 nitrogen and oxygen atoms in total. The second-order valence-electron chi connectivity index (χ2n) is 14.2. The molecule has 0 saturated carbocycles. The van der Waals surface area contributed by atoms with Crippen LogP contribution in [0.2, 0.25) is 0 Å². The van der Waals surface area contributed by atoms with Gasteiger partial charge in [0.15, 0.2) is 0 Å². The minimum absolute atomic E-state index is 0.0656. The number of fused-ring (bicyclic) bond motifs is 2. The first kappa shape index (κ1) is 41.1. The summed E-state index contributed by atoms with van der Waals surface area (Å²) in [4.78, 5) is 46.6. The topological polar surface area (TPSA) is 171 Å². The molecule has 2 heterocycles. The molecule has 7 N–H and O–H groups in total. The van der Waals surface area contributed by atoms with Crippen molar-refractivity contribution in [1.29, 1.82) is 0 Å².